The van der Waals surface area contributed by atoms with E-state index in [1.807, 2.05) is 12.1 Å². The number of fused-ring (bicyclic) bond motifs is 2. The van der Waals surface area contributed by atoms with E-state index in [2.05, 4.69) is 17.0 Å². The molecule has 1 aliphatic heterocycles. The van der Waals surface area contributed by atoms with E-state index in [9.17, 15) is 14.9 Å². The first-order valence-electron chi connectivity index (χ1n) is 9.30. The van der Waals surface area contributed by atoms with Gasteiger partial charge in [0.25, 0.3) is 5.69 Å². The predicted octanol–water partition coefficient (Wildman–Crippen LogP) is 3.37. The van der Waals surface area contributed by atoms with Gasteiger partial charge in [0.05, 0.1) is 25.2 Å². The second-order valence-electron chi connectivity index (χ2n) is 7.33. The molecule has 2 aliphatic rings. The van der Waals surface area contributed by atoms with E-state index < -0.39 is 10.9 Å². The highest BCUT2D eigenvalue weighted by Crippen LogP contribution is 2.43. The molecule has 1 saturated heterocycles. The molecule has 7 nitrogen and oxygen atoms in total. The number of hydrogen-bond acceptors (Lipinski definition) is 6. The molecule has 7 heteroatoms. The monoisotopic (exact) mass is 382 g/mol. The number of hydrogen-bond donors (Lipinski definition) is 0. The third kappa shape index (κ3) is 2.92. The predicted molar refractivity (Wildman–Crippen MR) is 104 cm³/mol. The Morgan fingerprint density at radius 3 is 2.86 bits per heavy atom. The number of aryl methyl sites for hydroxylation is 2. The third-order valence-electron chi connectivity index (χ3n) is 5.73. The number of carbonyl (C=O) groups excluding carboxylic acids is 1. The summed E-state index contributed by atoms with van der Waals surface area (Å²) in [4.78, 5) is 25.2. The maximum atomic E-state index is 12.2. The van der Waals surface area contributed by atoms with Crippen LogP contribution >= 0.6 is 0 Å². The summed E-state index contributed by atoms with van der Waals surface area (Å²) in [6.07, 6.45) is 1.87. The van der Waals surface area contributed by atoms with Gasteiger partial charge in [0.15, 0.2) is 0 Å². The number of methoxy groups -OCH3 is 1. The molecular weight excluding hydrogens is 360 g/mol. The summed E-state index contributed by atoms with van der Waals surface area (Å²) in [6.45, 7) is 3.50. The van der Waals surface area contributed by atoms with E-state index in [1.165, 1.54) is 18.2 Å². The number of nitrogens with zero attached hydrogens (tertiary/aromatic N) is 2. The Kier molecular flexibility index (Phi) is 4.55. The molecule has 146 valence electrons. The van der Waals surface area contributed by atoms with E-state index in [1.54, 1.807) is 19.1 Å². The molecule has 0 amide bonds. The first-order chi connectivity index (χ1) is 13.4. The fourth-order valence-electron chi connectivity index (χ4n) is 4.42. The minimum atomic E-state index is -0.703. The van der Waals surface area contributed by atoms with Gasteiger partial charge in [-0.05, 0) is 43.0 Å². The van der Waals surface area contributed by atoms with Crippen LogP contribution in [0.25, 0.3) is 0 Å². The minimum absolute atomic E-state index is 0.0186. The van der Waals surface area contributed by atoms with Crippen molar-refractivity contribution in [1.29, 1.82) is 0 Å². The van der Waals surface area contributed by atoms with Crippen LogP contribution in [-0.2, 0) is 21.5 Å². The molecule has 0 bridgehead atoms. The zero-order chi connectivity index (χ0) is 19.9. The van der Waals surface area contributed by atoms with Crippen LogP contribution in [0.4, 0.5) is 11.4 Å². The summed E-state index contributed by atoms with van der Waals surface area (Å²) in [5.74, 6) is -0.703. The van der Waals surface area contributed by atoms with Gasteiger partial charge in [-0.25, -0.2) is 4.79 Å². The van der Waals surface area contributed by atoms with E-state index >= 15 is 0 Å². The lowest BCUT2D eigenvalue weighted by Gasteiger charge is -2.42. The van der Waals surface area contributed by atoms with Crippen molar-refractivity contribution >= 4 is 17.3 Å². The van der Waals surface area contributed by atoms with Gasteiger partial charge in [-0.3, -0.25) is 10.1 Å². The third-order valence-corrected chi connectivity index (χ3v) is 5.73. The molecule has 4 rings (SSSR count). The zero-order valence-corrected chi connectivity index (χ0v) is 15.9. The Morgan fingerprint density at radius 2 is 2.11 bits per heavy atom. The van der Waals surface area contributed by atoms with Gasteiger partial charge in [-0.15, -0.1) is 0 Å². The largest absolute Gasteiger partial charge is 0.465 e. The topological polar surface area (TPSA) is 81.9 Å². The molecule has 1 fully saturated rings. The first-order valence-corrected chi connectivity index (χ1v) is 9.30. The van der Waals surface area contributed by atoms with Crippen LogP contribution in [0.3, 0.4) is 0 Å². The molecule has 1 heterocycles. The van der Waals surface area contributed by atoms with Gasteiger partial charge in [-0.1, -0.05) is 24.3 Å². The summed E-state index contributed by atoms with van der Waals surface area (Å²) in [5.41, 5.74) is 3.13. The first kappa shape index (κ1) is 18.4. The molecule has 28 heavy (non-hydrogen) atoms. The summed E-state index contributed by atoms with van der Waals surface area (Å²) < 4.78 is 11.0. The molecule has 2 aromatic rings. The Bertz CT molecular complexity index is 954. The molecule has 0 radical (unpaired) electrons. The van der Waals surface area contributed by atoms with E-state index in [4.69, 9.17) is 9.47 Å². The van der Waals surface area contributed by atoms with E-state index in [0.717, 1.165) is 18.5 Å². The van der Waals surface area contributed by atoms with Crippen molar-refractivity contribution in [2.75, 3.05) is 31.7 Å². The zero-order valence-electron chi connectivity index (χ0n) is 15.9. The Hall–Kier alpha value is -2.93. The Balaban J connectivity index is 1.73. The number of benzene rings is 2. The van der Waals surface area contributed by atoms with Crippen LogP contribution in [0.2, 0.25) is 0 Å². The fraction of sp³-hybridized carbons (Fsp3) is 0.381. The lowest BCUT2D eigenvalue weighted by atomic mass is 9.93. The number of carbonyl (C=O) groups is 1. The summed E-state index contributed by atoms with van der Waals surface area (Å²) >= 11 is 0. The van der Waals surface area contributed by atoms with Crippen molar-refractivity contribution < 1.29 is 19.2 Å². The molecule has 0 N–H and O–H groups in total. The van der Waals surface area contributed by atoms with Crippen molar-refractivity contribution in [3.05, 3.63) is 68.8 Å². The Labute approximate surface area is 163 Å². The highest BCUT2D eigenvalue weighted by Gasteiger charge is 2.43. The molecule has 1 aliphatic carbocycles. The lowest BCUT2D eigenvalue weighted by molar-refractivity contribution is -0.385. The summed E-state index contributed by atoms with van der Waals surface area (Å²) in [7, 11) is 1.23. The maximum absolute atomic E-state index is 12.2. The highest BCUT2D eigenvalue weighted by atomic mass is 16.6. The Morgan fingerprint density at radius 1 is 1.32 bits per heavy atom. The van der Waals surface area contributed by atoms with Crippen LogP contribution in [-0.4, -0.2) is 37.7 Å². The smallest absolute Gasteiger partial charge is 0.344 e. The number of morpholine rings is 1. The van der Waals surface area contributed by atoms with E-state index in [0.29, 0.717) is 25.3 Å². The van der Waals surface area contributed by atoms with Crippen LogP contribution in [0.15, 0.2) is 36.4 Å². The number of ether oxygens (including phenoxy) is 2. The molecule has 2 aromatic carbocycles. The molecule has 0 aromatic heterocycles. The van der Waals surface area contributed by atoms with Gasteiger partial charge < -0.3 is 14.4 Å². The van der Waals surface area contributed by atoms with Crippen molar-refractivity contribution in [3.8, 4) is 0 Å². The van der Waals surface area contributed by atoms with Crippen molar-refractivity contribution in [2.24, 2.45) is 0 Å². The van der Waals surface area contributed by atoms with Gasteiger partial charge >= 0.3 is 5.97 Å². The van der Waals surface area contributed by atoms with Crippen LogP contribution in [0, 0.1) is 17.0 Å². The van der Waals surface area contributed by atoms with Crippen LogP contribution < -0.4 is 4.90 Å². The average molecular weight is 382 g/mol. The van der Waals surface area contributed by atoms with Crippen LogP contribution in [0.5, 0.6) is 0 Å². The number of esters is 1. The van der Waals surface area contributed by atoms with Crippen molar-refractivity contribution in [3.63, 3.8) is 0 Å². The molecule has 1 atom stereocenters. The molecule has 1 unspecified atom stereocenters. The second kappa shape index (κ2) is 6.91. The van der Waals surface area contributed by atoms with Gasteiger partial charge in [0, 0.05) is 17.8 Å². The van der Waals surface area contributed by atoms with Crippen LogP contribution in [0.1, 0.15) is 33.5 Å². The SMILES string of the molecule is COC(=O)c1cc(N2CCOC3(CCc4ccccc43)C2)cc(C)c1[N+](=O)[O-]. The molecule has 1 spiro atoms. The number of rotatable bonds is 3. The highest BCUT2D eigenvalue weighted by molar-refractivity contribution is 5.96. The van der Waals surface area contributed by atoms with Gasteiger partial charge in [0.1, 0.15) is 11.2 Å². The standard InChI is InChI=1S/C21H22N2O5/c1-14-11-16(12-17(20(24)27-2)19(14)23(25)26)22-9-10-28-21(13-22)8-7-15-5-3-4-6-18(15)21/h3-6,11-12H,7-10,13H2,1-2H3. The van der Waals surface area contributed by atoms with Crippen molar-refractivity contribution in [2.45, 2.75) is 25.4 Å². The van der Waals surface area contributed by atoms with Gasteiger partial charge in [-0.2, -0.15) is 0 Å². The maximum Gasteiger partial charge on any atom is 0.344 e. The lowest BCUT2D eigenvalue weighted by Crippen LogP contribution is -2.49. The summed E-state index contributed by atoms with van der Waals surface area (Å²) in [6, 6.07) is 11.7. The average Bonchev–Trinajstić information content (AvgIpc) is 3.04. The van der Waals surface area contributed by atoms with Gasteiger partial charge in [0.2, 0.25) is 0 Å². The quantitative estimate of drug-likeness (QED) is 0.460. The molecular formula is C21H22N2O5. The minimum Gasteiger partial charge on any atom is -0.465 e. The number of anilines is 1. The number of nitro benzene ring substituents is 1. The van der Waals surface area contributed by atoms with Crippen molar-refractivity contribution in [1.82, 2.24) is 0 Å². The fourth-order valence-corrected chi connectivity index (χ4v) is 4.42. The number of nitro groups is 1. The summed E-state index contributed by atoms with van der Waals surface area (Å²) in [5, 5.41) is 11.5. The molecule has 0 saturated carbocycles. The normalized spacial score (nSPS) is 20.9. The van der Waals surface area contributed by atoms with E-state index in [-0.39, 0.29) is 16.9 Å². The second-order valence-corrected chi connectivity index (χ2v) is 7.33.